The Morgan fingerprint density at radius 1 is 1.33 bits per heavy atom. The van der Waals surface area contributed by atoms with Crippen molar-refractivity contribution in [3.05, 3.63) is 28.8 Å². The fourth-order valence-electron chi connectivity index (χ4n) is 1.79. The van der Waals surface area contributed by atoms with Crippen LogP contribution in [0.2, 0.25) is 5.02 Å². The molecule has 0 fully saturated rings. The van der Waals surface area contributed by atoms with Crippen LogP contribution in [0.15, 0.2) is 18.2 Å². The monoisotopic (exact) mass is 269 g/mol. The second-order valence-corrected chi connectivity index (χ2v) is 5.16. The first-order valence-electron chi connectivity index (χ1n) is 6.77. The highest BCUT2D eigenvalue weighted by molar-refractivity contribution is 6.32. The minimum Gasteiger partial charge on any atom is -0.489 e. The Bertz CT molecular complexity index is 354. The molecule has 0 radical (unpaired) electrons. The lowest BCUT2D eigenvalue weighted by Gasteiger charge is -2.16. The van der Waals surface area contributed by atoms with Crippen molar-refractivity contribution in [1.29, 1.82) is 0 Å². The van der Waals surface area contributed by atoms with Crippen molar-refractivity contribution in [3.8, 4) is 5.75 Å². The molecule has 1 N–H and O–H groups in total. The summed E-state index contributed by atoms with van der Waals surface area (Å²) < 4.78 is 5.87. The van der Waals surface area contributed by atoms with Gasteiger partial charge in [0.05, 0.1) is 11.1 Å². The van der Waals surface area contributed by atoms with Crippen molar-refractivity contribution in [3.63, 3.8) is 0 Å². The van der Waals surface area contributed by atoms with Crippen LogP contribution in [0.1, 0.15) is 38.7 Å². The van der Waals surface area contributed by atoms with E-state index >= 15 is 0 Å². The molecule has 2 nitrogen and oxygen atoms in total. The van der Waals surface area contributed by atoms with Gasteiger partial charge in [-0.1, -0.05) is 24.6 Å². The Morgan fingerprint density at radius 2 is 2.11 bits per heavy atom. The number of hydrogen-bond acceptors (Lipinski definition) is 2. The summed E-state index contributed by atoms with van der Waals surface area (Å²) in [5.74, 6) is 0.797. The summed E-state index contributed by atoms with van der Waals surface area (Å²) in [6, 6.07) is 5.88. The third kappa shape index (κ3) is 5.74. The molecule has 1 atom stereocenters. The Labute approximate surface area is 116 Å². The van der Waals surface area contributed by atoms with Crippen LogP contribution >= 0.6 is 11.6 Å². The van der Waals surface area contributed by atoms with Gasteiger partial charge in [-0.2, -0.15) is 0 Å². The Kier molecular flexibility index (Phi) is 7.14. The van der Waals surface area contributed by atoms with Crippen LogP contribution < -0.4 is 10.1 Å². The van der Waals surface area contributed by atoms with Gasteiger partial charge >= 0.3 is 0 Å². The maximum Gasteiger partial charge on any atom is 0.138 e. The van der Waals surface area contributed by atoms with E-state index in [0.717, 1.165) is 31.7 Å². The number of nitrogens with one attached hydrogen (secondary N) is 1. The topological polar surface area (TPSA) is 21.3 Å². The standard InChI is InChI=1S/C15H24ClNO/c1-4-9-17-10-5-6-13(3)18-15-11-12(2)7-8-14(15)16/h7-8,11,13,17H,4-6,9-10H2,1-3H3. The van der Waals surface area contributed by atoms with E-state index in [1.165, 1.54) is 12.0 Å². The third-order valence-electron chi connectivity index (χ3n) is 2.81. The predicted octanol–water partition coefficient (Wildman–Crippen LogP) is 4.20. The molecule has 0 aliphatic carbocycles. The molecule has 102 valence electrons. The van der Waals surface area contributed by atoms with Crippen LogP contribution in [0, 0.1) is 6.92 Å². The van der Waals surface area contributed by atoms with E-state index in [0.29, 0.717) is 5.02 Å². The van der Waals surface area contributed by atoms with E-state index in [2.05, 4.69) is 19.2 Å². The average molecular weight is 270 g/mol. The number of benzene rings is 1. The van der Waals surface area contributed by atoms with Crippen molar-refractivity contribution in [1.82, 2.24) is 5.32 Å². The molecule has 0 aliphatic heterocycles. The predicted molar refractivity (Wildman–Crippen MR) is 78.7 cm³/mol. The summed E-state index contributed by atoms with van der Waals surface area (Å²) in [5.41, 5.74) is 1.17. The molecule has 3 heteroatoms. The van der Waals surface area contributed by atoms with Crippen LogP contribution in [-0.4, -0.2) is 19.2 Å². The molecule has 0 saturated carbocycles. The zero-order chi connectivity index (χ0) is 13.4. The number of ether oxygens (including phenoxy) is 1. The van der Waals surface area contributed by atoms with Gasteiger partial charge in [0.1, 0.15) is 5.75 Å². The SMILES string of the molecule is CCCNCCCC(C)Oc1cc(C)ccc1Cl. The molecule has 1 rings (SSSR count). The highest BCUT2D eigenvalue weighted by Gasteiger charge is 2.07. The summed E-state index contributed by atoms with van der Waals surface area (Å²) in [6.45, 7) is 8.47. The lowest BCUT2D eigenvalue weighted by Crippen LogP contribution is -2.19. The van der Waals surface area contributed by atoms with Crippen molar-refractivity contribution in [2.75, 3.05) is 13.1 Å². The fourth-order valence-corrected chi connectivity index (χ4v) is 1.95. The highest BCUT2D eigenvalue weighted by atomic mass is 35.5. The molecule has 1 unspecified atom stereocenters. The summed E-state index contributed by atoms with van der Waals surface area (Å²) >= 11 is 6.11. The number of halogens is 1. The minimum atomic E-state index is 0.202. The number of aryl methyl sites for hydroxylation is 1. The number of hydrogen-bond donors (Lipinski definition) is 1. The van der Waals surface area contributed by atoms with Crippen LogP contribution in [0.5, 0.6) is 5.75 Å². The van der Waals surface area contributed by atoms with Crippen molar-refractivity contribution in [2.45, 2.75) is 46.1 Å². The van der Waals surface area contributed by atoms with E-state index in [9.17, 15) is 0 Å². The molecule has 0 bridgehead atoms. The molecular weight excluding hydrogens is 246 g/mol. The summed E-state index contributed by atoms with van der Waals surface area (Å²) in [5, 5.41) is 4.08. The molecular formula is C15H24ClNO. The van der Waals surface area contributed by atoms with Crippen LogP contribution in [0.25, 0.3) is 0 Å². The van der Waals surface area contributed by atoms with Gasteiger partial charge in [0.2, 0.25) is 0 Å². The van der Waals surface area contributed by atoms with Crippen LogP contribution in [-0.2, 0) is 0 Å². The quantitative estimate of drug-likeness (QED) is 0.715. The lowest BCUT2D eigenvalue weighted by atomic mass is 10.2. The summed E-state index contributed by atoms with van der Waals surface area (Å²) in [7, 11) is 0. The molecule has 0 aromatic heterocycles. The van der Waals surface area contributed by atoms with E-state index in [4.69, 9.17) is 16.3 Å². The molecule has 0 amide bonds. The first-order chi connectivity index (χ1) is 8.63. The zero-order valence-corrected chi connectivity index (χ0v) is 12.4. The van der Waals surface area contributed by atoms with Crippen LogP contribution in [0.4, 0.5) is 0 Å². The minimum absolute atomic E-state index is 0.202. The van der Waals surface area contributed by atoms with E-state index in [1.807, 2.05) is 25.1 Å². The smallest absolute Gasteiger partial charge is 0.138 e. The maximum absolute atomic E-state index is 6.11. The Hall–Kier alpha value is -0.730. The zero-order valence-electron chi connectivity index (χ0n) is 11.6. The van der Waals surface area contributed by atoms with E-state index in [-0.39, 0.29) is 6.10 Å². The largest absolute Gasteiger partial charge is 0.489 e. The lowest BCUT2D eigenvalue weighted by molar-refractivity contribution is 0.207. The normalized spacial score (nSPS) is 12.4. The van der Waals surface area contributed by atoms with Gasteiger partial charge in [0.25, 0.3) is 0 Å². The van der Waals surface area contributed by atoms with Gasteiger partial charge in [-0.25, -0.2) is 0 Å². The molecule has 0 aliphatic rings. The highest BCUT2D eigenvalue weighted by Crippen LogP contribution is 2.26. The second-order valence-electron chi connectivity index (χ2n) is 4.75. The Morgan fingerprint density at radius 3 is 2.83 bits per heavy atom. The van der Waals surface area contributed by atoms with Gasteiger partial charge in [-0.05, 0) is 63.9 Å². The maximum atomic E-state index is 6.11. The van der Waals surface area contributed by atoms with Gasteiger partial charge in [-0.3, -0.25) is 0 Å². The molecule has 1 aromatic rings. The Balaban J connectivity index is 2.30. The second kappa shape index (κ2) is 8.39. The van der Waals surface area contributed by atoms with Crippen molar-refractivity contribution < 1.29 is 4.74 Å². The fraction of sp³-hybridized carbons (Fsp3) is 0.600. The molecule has 0 saturated heterocycles. The first-order valence-corrected chi connectivity index (χ1v) is 7.14. The van der Waals surface area contributed by atoms with Crippen LogP contribution in [0.3, 0.4) is 0 Å². The third-order valence-corrected chi connectivity index (χ3v) is 3.12. The first kappa shape index (κ1) is 15.3. The van der Waals surface area contributed by atoms with Gasteiger partial charge in [0, 0.05) is 0 Å². The van der Waals surface area contributed by atoms with Gasteiger partial charge in [-0.15, -0.1) is 0 Å². The molecule has 1 aromatic carbocycles. The summed E-state index contributed by atoms with van der Waals surface area (Å²) in [4.78, 5) is 0. The van der Waals surface area contributed by atoms with Crippen molar-refractivity contribution >= 4 is 11.6 Å². The van der Waals surface area contributed by atoms with E-state index < -0.39 is 0 Å². The van der Waals surface area contributed by atoms with Crippen molar-refractivity contribution in [2.24, 2.45) is 0 Å². The number of rotatable bonds is 8. The molecule has 18 heavy (non-hydrogen) atoms. The van der Waals surface area contributed by atoms with Gasteiger partial charge in [0.15, 0.2) is 0 Å². The average Bonchev–Trinajstić information content (AvgIpc) is 2.33. The molecule has 0 heterocycles. The van der Waals surface area contributed by atoms with E-state index in [1.54, 1.807) is 0 Å². The molecule has 0 spiro atoms. The van der Waals surface area contributed by atoms with Gasteiger partial charge < -0.3 is 10.1 Å². The summed E-state index contributed by atoms with van der Waals surface area (Å²) in [6.07, 6.45) is 3.56.